The molecule has 0 aromatic heterocycles. The van der Waals surface area contributed by atoms with Crippen LogP contribution < -0.4 is 15.4 Å². The normalized spacial score (nSPS) is 15.4. The highest BCUT2D eigenvalue weighted by Crippen LogP contribution is 2.18. The van der Waals surface area contributed by atoms with Crippen LogP contribution in [0.25, 0.3) is 0 Å². The third kappa shape index (κ3) is 6.20. The first-order valence-electron chi connectivity index (χ1n) is 9.81. The first kappa shape index (κ1) is 19.1. The van der Waals surface area contributed by atoms with Gasteiger partial charge in [-0.05, 0) is 30.7 Å². The summed E-state index contributed by atoms with van der Waals surface area (Å²) >= 11 is 0. The maximum Gasteiger partial charge on any atom is 0.193 e. The Labute approximate surface area is 162 Å². The molecule has 0 atom stereocenters. The molecule has 0 saturated carbocycles. The Morgan fingerprint density at radius 3 is 2.33 bits per heavy atom. The van der Waals surface area contributed by atoms with Crippen molar-refractivity contribution in [3.63, 3.8) is 0 Å². The van der Waals surface area contributed by atoms with Crippen LogP contribution in [-0.2, 0) is 0 Å². The second-order valence-corrected chi connectivity index (χ2v) is 6.74. The Bertz CT molecular complexity index is 682. The van der Waals surface area contributed by atoms with Crippen molar-refractivity contribution in [3.05, 3.63) is 60.7 Å². The number of ether oxygens (including phenoxy) is 1. The maximum absolute atomic E-state index is 6.08. The lowest BCUT2D eigenvalue weighted by atomic mass is 10.1. The van der Waals surface area contributed by atoms with Gasteiger partial charge in [-0.2, -0.15) is 0 Å². The van der Waals surface area contributed by atoms with Crippen LogP contribution in [0.15, 0.2) is 65.7 Å². The predicted octanol–water partition coefficient (Wildman–Crippen LogP) is 3.61. The molecule has 0 spiro atoms. The number of piperidine rings is 1. The number of hydrogen-bond donors (Lipinski definition) is 2. The molecule has 5 heteroatoms. The van der Waals surface area contributed by atoms with Gasteiger partial charge >= 0.3 is 0 Å². The molecule has 2 N–H and O–H groups in total. The largest absolute Gasteiger partial charge is 0.490 e. The summed E-state index contributed by atoms with van der Waals surface area (Å²) < 4.78 is 6.08. The SMILES string of the molecule is CN=C(NCCCNc1ccccc1)N1CCC(Oc2ccccc2)CC1. The average Bonchev–Trinajstić information content (AvgIpc) is 2.73. The number of likely N-dealkylation sites (tertiary alicyclic amines) is 1. The Morgan fingerprint density at radius 1 is 1.00 bits per heavy atom. The molecule has 0 aliphatic carbocycles. The number of nitrogens with zero attached hydrogens (tertiary/aromatic N) is 2. The lowest BCUT2D eigenvalue weighted by Gasteiger charge is -2.34. The van der Waals surface area contributed by atoms with E-state index in [2.05, 4.69) is 32.7 Å². The minimum Gasteiger partial charge on any atom is -0.490 e. The Balaban J connectivity index is 1.34. The monoisotopic (exact) mass is 366 g/mol. The molecule has 1 heterocycles. The van der Waals surface area contributed by atoms with Crippen LogP contribution in [0.4, 0.5) is 5.69 Å². The molecule has 0 radical (unpaired) electrons. The summed E-state index contributed by atoms with van der Waals surface area (Å²) in [5.74, 6) is 1.96. The quantitative estimate of drug-likeness (QED) is 0.446. The molecule has 1 saturated heterocycles. The van der Waals surface area contributed by atoms with E-state index >= 15 is 0 Å². The molecule has 1 aliphatic rings. The lowest BCUT2D eigenvalue weighted by molar-refractivity contribution is 0.129. The Hall–Kier alpha value is -2.69. The molecule has 1 aliphatic heterocycles. The smallest absolute Gasteiger partial charge is 0.193 e. The predicted molar refractivity (Wildman–Crippen MR) is 113 cm³/mol. The van der Waals surface area contributed by atoms with Gasteiger partial charge in [0.1, 0.15) is 11.9 Å². The molecular weight excluding hydrogens is 336 g/mol. The zero-order chi connectivity index (χ0) is 18.7. The average molecular weight is 367 g/mol. The van der Waals surface area contributed by atoms with Crippen molar-refractivity contribution >= 4 is 11.6 Å². The number of anilines is 1. The first-order chi connectivity index (χ1) is 13.3. The maximum atomic E-state index is 6.08. The van der Waals surface area contributed by atoms with Gasteiger partial charge in [0.15, 0.2) is 5.96 Å². The van der Waals surface area contributed by atoms with Crippen molar-refractivity contribution in [3.8, 4) is 5.75 Å². The van der Waals surface area contributed by atoms with Crippen molar-refractivity contribution in [2.75, 3.05) is 38.5 Å². The molecule has 0 amide bonds. The van der Waals surface area contributed by atoms with Gasteiger partial charge in [-0.3, -0.25) is 4.99 Å². The number of hydrogen-bond acceptors (Lipinski definition) is 3. The highest BCUT2D eigenvalue weighted by molar-refractivity contribution is 5.79. The number of para-hydroxylation sites is 2. The number of rotatable bonds is 7. The van der Waals surface area contributed by atoms with E-state index in [0.29, 0.717) is 0 Å². The molecule has 5 nitrogen and oxygen atoms in total. The van der Waals surface area contributed by atoms with Crippen molar-refractivity contribution in [1.82, 2.24) is 10.2 Å². The van der Waals surface area contributed by atoms with Gasteiger partial charge in [-0.15, -0.1) is 0 Å². The van der Waals surface area contributed by atoms with Gasteiger partial charge in [0.05, 0.1) is 0 Å². The van der Waals surface area contributed by atoms with Crippen molar-refractivity contribution in [2.24, 2.45) is 4.99 Å². The summed E-state index contributed by atoms with van der Waals surface area (Å²) in [4.78, 5) is 6.78. The second kappa shape index (κ2) is 10.5. The molecule has 27 heavy (non-hydrogen) atoms. The summed E-state index contributed by atoms with van der Waals surface area (Å²) in [5.41, 5.74) is 1.17. The van der Waals surface area contributed by atoms with Gasteiger partial charge in [0, 0.05) is 51.8 Å². The Kier molecular flexibility index (Phi) is 7.39. The molecule has 3 rings (SSSR count). The van der Waals surface area contributed by atoms with Crippen LogP contribution in [0.3, 0.4) is 0 Å². The minimum absolute atomic E-state index is 0.289. The topological polar surface area (TPSA) is 48.9 Å². The van der Waals surface area contributed by atoms with Crippen LogP contribution in [0, 0.1) is 0 Å². The summed E-state index contributed by atoms with van der Waals surface area (Å²) in [6.45, 7) is 3.80. The van der Waals surface area contributed by atoms with E-state index in [1.54, 1.807) is 0 Å². The van der Waals surface area contributed by atoms with Gasteiger partial charge in [0.25, 0.3) is 0 Å². The van der Waals surface area contributed by atoms with E-state index in [-0.39, 0.29) is 6.10 Å². The van der Waals surface area contributed by atoms with Crippen LogP contribution in [0.2, 0.25) is 0 Å². The molecule has 1 fully saturated rings. The highest BCUT2D eigenvalue weighted by Gasteiger charge is 2.22. The van der Waals surface area contributed by atoms with Crippen LogP contribution in [0.1, 0.15) is 19.3 Å². The van der Waals surface area contributed by atoms with Gasteiger partial charge in [-0.25, -0.2) is 0 Å². The molecule has 2 aromatic rings. The summed E-state index contributed by atoms with van der Waals surface area (Å²) in [6.07, 6.45) is 3.37. The van der Waals surface area contributed by atoms with Gasteiger partial charge < -0.3 is 20.3 Å². The van der Waals surface area contributed by atoms with E-state index in [4.69, 9.17) is 4.74 Å². The van der Waals surface area contributed by atoms with E-state index < -0.39 is 0 Å². The number of guanidine groups is 1. The van der Waals surface area contributed by atoms with Crippen LogP contribution in [0.5, 0.6) is 5.75 Å². The fraction of sp³-hybridized carbons (Fsp3) is 0.409. The summed E-state index contributed by atoms with van der Waals surface area (Å²) in [5, 5.41) is 6.92. The third-order valence-electron chi connectivity index (χ3n) is 4.74. The summed E-state index contributed by atoms with van der Waals surface area (Å²) in [6, 6.07) is 20.4. The number of benzene rings is 2. The standard InChI is InChI=1S/C22H30N4O/c1-23-22(25-16-8-15-24-19-9-4-2-5-10-19)26-17-13-21(14-18-26)27-20-11-6-3-7-12-20/h2-7,9-12,21,24H,8,13-18H2,1H3,(H,23,25). The lowest BCUT2D eigenvalue weighted by Crippen LogP contribution is -2.47. The minimum atomic E-state index is 0.289. The zero-order valence-corrected chi connectivity index (χ0v) is 16.1. The van der Waals surface area contributed by atoms with Crippen molar-refractivity contribution in [2.45, 2.75) is 25.4 Å². The van der Waals surface area contributed by atoms with Gasteiger partial charge in [-0.1, -0.05) is 36.4 Å². The Morgan fingerprint density at radius 2 is 1.67 bits per heavy atom. The second-order valence-electron chi connectivity index (χ2n) is 6.74. The van der Waals surface area contributed by atoms with Crippen LogP contribution in [-0.4, -0.2) is 50.2 Å². The number of nitrogens with one attached hydrogen (secondary N) is 2. The van der Waals surface area contributed by atoms with Crippen LogP contribution >= 0.6 is 0 Å². The van der Waals surface area contributed by atoms with Crippen molar-refractivity contribution < 1.29 is 4.74 Å². The van der Waals surface area contributed by atoms with E-state index in [0.717, 1.165) is 57.2 Å². The highest BCUT2D eigenvalue weighted by atomic mass is 16.5. The molecule has 2 aromatic carbocycles. The van der Waals surface area contributed by atoms with E-state index in [1.807, 2.05) is 55.6 Å². The molecule has 0 bridgehead atoms. The first-order valence-corrected chi connectivity index (χ1v) is 9.81. The van der Waals surface area contributed by atoms with Crippen molar-refractivity contribution in [1.29, 1.82) is 0 Å². The molecule has 144 valence electrons. The fourth-order valence-electron chi connectivity index (χ4n) is 3.29. The van der Waals surface area contributed by atoms with E-state index in [9.17, 15) is 0 Å². The van der Waals surface area contributed by atoms with E-state index in [1.165, 1.54) is 5.69 Å². The van der Waals surface area contributed by atoms with Gasteiger partial charge in [0.2, 0.25) is 0 Å². The summed E-state index contributed by atoms with van der Waals surface area (Å²) in [7, 11) is 1.86. The fourth-order valence-corrected chi connectivity index (χ4v) is 3.29. The molecule has 0 unspecified atom stereocenters. The zero-order valence-electron chi connectivity index (χ0n) is 16.1. The molecular formula is C22H30N4O. The number of aliphatic imine (C=N–C) groups is 1. The third-order valence-corrected chi connectivity index (χ3v) is 4.74.